The Kier molecular flexibility index (Phi) is 5.28. The molecule has 0 spiro atoms. The Bertz CT molecular complexity index is 383. The monoisotopic (exact) mass is 251 g/mol. The first-order valence-corrected chi connectivity index (χ1v) is 6.65. The van der Waals surface area contributed by atoms with Gasteiger partial charge in [-0.05, 0) is 32.4 Å². The van der Waals surface area contributed by atoms with E-state index in [1.165, 1.54) is 5.56 Å². The molecule has 0 aromatic heterocycles. The minimum atomic E-state index is -0.350. The number of nitro groups is 1. The van der Waals surface area contributed by atoms with E-state index in [2.05, 4.69) is 20.8 Å². The lowest BCUT2D eigenvalue weighted by molar-refractivity contribution is -0.937. The van der Waals surface area contributed by atoms with Crippen molar-refractivity contribution in [3.05, 3.63) is 39.9 Å². The second-order valence-electron chi connectivity index (χ2n) is 4.78. The maximum atomic E-state index is 10.6. The van der Waals surface area contributed by atoms with E-state index < -0.39 is 0 Å². The van der Waals surface area contributed by atoms with Gasteiger partial charge < -0.3 is 4.48 Å². The molecule has 0 amide bonds. The number of hydrogen-bond acceptors (Lipinski definition) is 2. The SMILES string of the molecule is CCC[N+](CC)(CC)Cc1ccc([N+](=O)[O-])cc1. The number of non-ortho nitro benzene ring substituents is 1. The van der Waals surface area contributed by atoms with Crippen LogP contribution in [0.1, 0.15) is 32.8 Å². The van der Waals surface area contributed by atoms with Crippen molar-refractivity contribution in [3.8, 4) is 0 Å². The largest absolute Gasteiger partial charge is 0.320 e. The molecule has 0 bridgehead atoms. The van der Waals surface area contributed by atoms with Crippen molar-refractivity contribution in [2.24, 2.45) is 0 Å². The maximum absolute atomic E-state index is 10.6. The Labute approximate surface area is 109 Å². The Morgan fingerprint density at radius 3 is 2.06 bits per heavy atom. The molecule has 4 heteroatoms. The molecule has 1 rings (SSSR count). The van der Waals surface area contributed by atoms with Gasteiger partial charge in [0.05, 0.1) is 24.6 Å². The van der Waals surface area contributed by atoms with Crippen LogP contribution in [0, 0.1) is 10.1 Å². The average Bonchev–Trinajstić information content (AvgIpc) is 2.38. The van der Waals surface area contributed by atoms with Gasteiger partial charge in [0, 0.05) is 17.7 Å². The quantitative estimate of drug-likeness (QED) is 0.423. The minimum Gasteiger partial charge on any atom is -0.320 e. The minimum absolute atomic E-state index is 0.167. The number of rotatable bonds is 7. The van der Waals surface area contributed by atoms with Gasteiger partial charge >= 0.3 is 0 Å². The Hall–Kier alpha value is -1.42. The first kappa shape index (κ1) is 14.6. The molecule has 0 radical (unpaired) electrons. The van der Waals surface area contributed by atoms with E-state index in [0.29, 0.717) is 0 Å². The van der Waals surface area contributed by atoms with Crippen molar-refractivity contribution >= 4 is 5.69 Å². The molecular weight excluding hydrogens is 228 g/mol. The third-order valence-electron chi connectivity index (χ3n) is 3.70. The van der Waals surface area contributed by atoms with E-state index in [1.54, 1.807) is 12.1 Å². The molecule has 0 aliphatic carbocycles. The van der Waals surface area contributed by atoms with Crippen LogP contribution in [0.25, 0.3) is 0 Å². The number of benzene rings is 1. The molecule has 4 nitrogen and oxygen atoms in total. The van der Waals surface area contributed by atoms with Gasteiger partial charge in [-0.3, -0.25) is 10.1 Å². The van der Waals surface area contributed by atoms with Crippen molar-refractivity contribution in [2.75, 3.05) is 19.6 Å². The molecule has 1 aromatic carbocycles. The summed E-state index contributed by atoms with van der Waals surface area (Å²) in [5.41, 5.74) is 1.35. The molecule has 0 saturated heterocycles. The summed E-state index contributed by atoms with van der Waals surface area (Å²) in [5, 5.41) is 10.6. The fourth-order valence-corrected chi connectivity index (χ4v) is 2.43. The fourth-order valence-electron chi connectivity index (χ4n) is 2.43. The van der Waals surface area contributed by atoms with Crippen LogP contribution in [-0.4, -0.2) is 29.0 Å². The van der Waals surface area contributed by atoms with E-state index >= 15 is 0 Å². The van der Waals surface area contributed by atoms with E-state index in [9.17, 15) is 10.1 Å². The van der Waals surface area contributed by atoms with Crippen molar-refractivity contribution in [2.45, 2.75) is 33.7 Å². The molecular formula is C14H23N2O2+. The highest BCUT2D eigenvalue weighted by Crippen LogP contribution is 2.18. The van der Waals surface area contributed by atoms with Gasteiger partial charge in [0.25, 0.3) is 5.69 Å². The molecule has 18 heavy (non-hydrogen) atoms. The smallest absolute Gasteiger partial charge is 0.269 e. The molecule has 0 aliphatic heterocycles. The van der Waals surface area contributed by atoms with Crippen LogP contribution in [-0.2, 0) is 6.54 Å². The fraction of sp³-hybridized carbons (Fsp3) is 0.571. The van der Waals surface area contributed by atoms with Crippen molar-refractivity contribution in [3.63, 3.8) is 0 Å². The molecule has 0 aliphatic rings. The second-order valence-corrected chi connectivity index (χ2v) is 4.78. The number of hydrogen-bond donors (Lipinski definition) is 0. The lowest BCUT2D eigenvalue weighted by Gasteiger charge is -2.36. The Morgan fingerprint density at radius 2 is 1.67 bits per heavy atom. The second kappa shape index (κ2) is 6.50. The topological polar surface area (TPSA) is 43.1 Å². The molecule has 100 valence electrons. The summed E-state index contributed by atoms with van der Waals surface area (Å²) in [5.74, 6) is 0. The van der Waals surface area contributed by atoms with Crippen LogP contribution in [0.5, 0.6) is 0 Å². The predicted octanol–water partition coefficient (Wildman–Crippen LogP) is 3.36. The average molecular weight is 251 g/mol. The first-order valence-electron chi connectivity index (χ1n) is 6.65. The molecule has 0 saturated carbocycles. The van der Waals surface area contributed by atoms with E-state index in [1.807, 2.05) is 12.1 Å². The van der Waals surface area contributed by atoms with Gasteiger partial charge in [0.15, 0.2) is 0 Å². The third kappa shape index (κ3) is 3.53. The Balaban J connectivity index is 2.84. The summed E-state index contributed by atoms with van der Waals surface area (Å²) < 4.78 is 1.05. The number of nitro benzene ring substituents is 1. The molecule has 0 heterocycles. The van der Waals surface area contributed by atoms with E-state index in [0.717, 1.165) is 37.1 Å². The van der Waals surface area contributed by atoms with Gasteiger partial charge in [0.1, 0.15) is 6.54 Å². The molecule has 0 N–H and O–H groups in total. The van der Waals surface area contributed by atoms with Gasteiger partial charge in [-0.1, -0.05) is 6.92 Å². The van der Waals surface area contributed by atoms with Crippen LogP contribution in [0.2, 0.25) is 0 Å². The lowest BCUT2D eigenvalue weighted by atomic mass is 10.1. The highest BCUT2D eigenvalue weighted by atomic mass is 16.6. The Morgan fingerprint density at radius 1 is 1.11 bits per heavy atom. The summed E-state index contributed by atoms with van der Waals surface area (Å²) in [7, 11) is 0. The van der Waals surface area contributed by atoms with Crippen LogP contribution >= 0.6 is 0 Å². The zero-order valence-electron chi connectivity index (χ0n) is 11.6. The van der Waals surface area contributed by atoms with Crippen molar-refractivity contribution in [1.82, 2.24) is 0 Å². The van der Waals surface area contributed by atoms with Crippen LogP contribution in [0.4, 0.5) is 5.69 Å². The third-order valence-corrected chi connectivity index (χ3v) is 3.70. The lowest BCUT2D eigenvalue weighted by Crippen LogP contribution is -2.47. The van der Waals surface area contributed by atoms with Crippen molar-refractivity contribution < 1.29 is 9.41 Å². The zero-order valence-corrected chi connectivity index (χ0v) is 11.6. The van der Waals surface area contributed by atoms with Gasteiger partial charge in [-0.15, -0.1) is 0 Å². The van der Waals surface area contributed by atoms with E-state index in [4.69, 9.17) is 0 Å². The van der Waals surface area contributed by atoms with Crippen LogP contribution in [0.3, 0.4) is 0 Å². The first-order chi connectivity index (χ1) is 8.56. The van der Waals surface area contributed by atoms with Crippen molar-refractivity contribution in [1.29, 1.82) is 0 Å². The molecule has 0 atom stereocenters. The van der Waals surface area contributed by atoms with Gasteiger partial charge in [-0.25, -0.2) is 0 Å². The summed E-state index contributed by atoms with van der Waals surface area (Å²) in [4.78, 5) is 10.3. The van der Waals surface area contributed by atoms with Crippen LogP contribution in [0.15, 0.2) is 24.3 Å². The normalized spacial score (nSPS) is 11.5. The summed E-state index contributed by atoms with van der Waals surface area (Å²) in [6.07, 6.45) is 1.16. The highest BCUT2D eigenvalue weighted by Gasteiger charge is 2.22. The van der Waals surface area contributed by atoms with E-state index in [-0.39, 0.29) is 10.6 Å². The highest BCUT2D eigenvalue weighted by molar-refractivity contribution is 5.32. The summed E-state index contributed by atoms with van der Waals surface area (Å²) in [6, 6.07) is 6.96. The summed E-state index contributed by atoms with van der Waals surface area (Å²) >= 11 is 0. The van der Waals surface area contributed by atoms with Gasteiger partial charge in [0.2, 0.25) is 0 Å². The number of quaternary nitrogens is 1. The zero-order chi connectivity index (χ0) is 13.6. The number of nitrogens with zero attached hydrogens (tertiary/aromatic N) is 2. The predicted molar refractivity (Wildman–Crippen MR) is 73.3 cm³/mol. The molecule has 1 aromatic rings. The molecule has 0 fully saturated rings. The standard InChI is InChI=1S/C14H23N2O2/c1-4-11-16(5-2,6-3)12-13-7-9-14(10-8-13)15(17)18/h7-10H,4-6,11-12H2,1-3H3/q+1. The summed E-state index contributed by atoms with van der Waals surface area (Å²) in [6.45, 7) is 10.9. The van der Waals surface area contributed by atoms with Crippen LogP contribution < -0.4 is 0 Å². The maximum Gasteiger partial charge on any atom is 0.269 e. The van der Waals surface area contributed by atoms with Gasteiger partial charge in [-0.2, -0.15) is 0 Å². The molecule has 0 unspecified atom stereocenters.